The number of hydrogen-bond acceptors (Lipinski definition) is 2. The number of hydrogen-bond donors (Lipinski definition) is 2. The summed E-state index contributed by atoms with van der Waals surface area (Å²) < 4.78 is 0. The fourth-order valence-electron chi connectivity index (χ4n) is 2.79. The molecule has 21 heavy (non-hydrogen) atoms. The van der Waals surface area contributed by atoms with Crippen LogP contribution >= 0.6 is 0 Å². The van der Waals surface area contributed by atoms with Crippen molar-refractivity contribution in [3.63, 3.8) is 0 Å². The van der Waals surface area contributed by atoms with Crippen molar-refractivity contribution in [1.82, 2.24) is 5.32 Å². The first-order valence-electron chi connectivity index (χ1n) is 7.36. The van der Waals surface area contributed by atoms with E-state index in [1.54, 1.807) is 0 Å². The molecule has 1 saturated carbocycles. The van der Waals surface area contributed by atoms with E-state index in [4.69, 9.17) is 5.73 Å². The highest BCUT2D eigenvalue weighted by Gasteiger charge is 2.44. The van der Waals surface area contributed by atoms with Gasteiger partial charge in [0.2, 0.25) is 5.91 Å². The molecule has 3 atom stereocenters. The van der Waals surface area contributed by atoms with E-state index in [9.17, 15) is 4.79 Å². The van der Waals surface area contributed by atoms with Crippen LogP contribution in [0.4, 0.5) is 5.69 Å². The maximum atomic E-state index is 12.3. The summed E-state index contributed by atoms with van der Waals surface area (Å²) in [4.78, 5) is 12.3. The van der Waals surface area contributed by atoms with E-state index in [-0.39, 0.29) is 17.9 Å². The molecular weight excluding hydrogens is 260 g/mol. The van der Waals surface area contributed by atoms with Crippen molar-refractivity contribution in [2.75, 3.05) is 5.73 Å². The average molecular weight is 280 g/mol. The first kappa shape index (κ1) is 13.7. The summed E-state index contributed by atoms with van der Waals surface area (Å²) in [6, 6.07) is 17.9. The van der Waals surface area contributed by atoms with Crippen LogP contribution in [0.5, 0.6) is 0 Å². The highest BCUT2D eigenvalue weighted by molar-refractivity contribution is 5.83. The zero-order valence-electron chi connectivity index (χ0n) is 12.1. The van der Waals surface area contributed by atoms with Gasteiger partial charge in [-0.2, -0.15) is 0 Å². The third kappa shape index (κ3) is 3.07. The van der Waals surface area contributed by atoms with Crippen LogP contribution in [0.3, 0.4) is 0 Å². The number of carbonyl (C=O) groups is 1. The molecule has 2 aromatic rings. The number of nitrogen functional groups attached to an aromatic ring is 1. The van der Waals surface area contributed by atoms with E-state index >= 15 is 0 Å². The molecule has 1 aliphatic rings. The Morgan fingerprint density at radius 2 is 1.95 bits per heavy atom. The van der Waals surface area contributed by atoms with E-state index in [0.717, 1.165) is 17.7 Å². The fraction of sp³-hybridized carbons (Fsp3) is 0.278. The molecule has 0 heterocycles. The Morgan fingerprint density at radius 3 is 2.67 bits per heavy atom. The predicted octanol–water partition coefficient (Wildman–Crippen LogP) is 3.25. The van der Waals surface area contributed by atoms with Crippen molar-refractivity contribution in [1.29, 1.82) is 0 Å². The second kappa shape index (κ2) is 5.60. The van der Waals surface area contributed by atoms with Crippen LogP contribution in [-0.2, 0) is 4.79 Å². The topological polar surface area (TPSA) is 55.1 Å². The van der Waals surface area contributed by atoms with E-state index < -0.39 is 0 Å². The number of carbonyl (C=O) groups excluding carboxylic acids is 1. The van der Waals surface area contributed by atoms with Gasteiger partial charge in [-0.05, 0) is 42.5 Å². The van der Waals surface area contributed by atoms with Crippen molar-refractivity contribution in [3.05, 3.63) is 65.7 Å². The number of nitrogens with one attached hydrogen (secondary N) is 1. The van der Waals surface area contributed by atoms with E-state index in [1.165, 1.54) is 5.56 Å². The van der Waals surface area contributed by atoms with Crippen molar-refractivity contribution < 1.29 is 4.79 Å². The van der Waals surface area contributed by atoms with Crippen molar-refractivity contribution in [2.24, 2.45) is 5.92 Å². The Kier molecular flexibility index (Phi) is 3.65. The zero-order valence-corrected chi connectivity index (χ0v) is 12.1. The third-order valence-electron chi connectivity index (χ3n) is 4.12. The Hall–Kier alpha value is -2.29. The highest BCUT2D eigenvalue weighted by Crippen LogP contribution is 2.47. The van der Waals surface area contributed by atoms with Gasteiger partial charge in [0.1, 0.15) is 0 Å². The van der Waals surface area contributed by atoms with E-state index in [1.807, 2.05) is 49.4 Å². The van der Waals surface area contributed by atoms with Crippen LogP contribution in [0.25, 0.3) is 0 Å². The molecule has 0 aromatic heterocycles. The molecule has 3 nitrogen and oxygen atoms in total. The van der Waals surface area contributed by atoms with Gasteiger partial charge in [-0.3, -0.25) is 4.79 Å². The third-order valence-corrected chi connectivity index (χ3v) is 4.12. The molecule has 0 bridgehead atoms. The van der Waals surface area contributed by atoms with Crippen molar-refractivity contribution in [3.8, 4) is 0 Å². The number of benzene rings is 2. The molecule has 3 rings (SSSR count). The maximum absolute atomic E-state index is 12.3. The standard InChI is InChI=1S/C18H20N2O/c1-12(14-8-5-9-15(19)10-14)20-18(21)17-11-16(17)13-6-3-2-4-7-13/h2-10,12,16-17H,11,19H2,1H3,(H,20,21). The zero-order chi connectivity index (χ0) is 14.8. The van der Waals surface area contributed by atoms with Crippen LogP contribution in [0.1, 0.15) is 36.4 Å². The number of rotatable bonds is 4. The lowest BCUT2D eigenvalue weighted by Crippen LogP contribution is -2.28. The van der Waals surface area contributed by atoms with Crippen LogP contribution in [0, 0.1) is 5.92 Å². The fourth-order valence-corrected chi connectivity index (χ4v) is 2.79. The van der Waals surface area contributed by atoms with Crippen LogP contribution in [0.2, 0.25) is 0 Å². The van der Waals surface area contributed by atoms with Gasteiger partial charge >= 0.3 is 0 Å². The molecule has 1 aliphatic carbocycles. The first-order chi connectivity index (χ1) is 10.1. The van der Waals surface area contributed by atoms with Gasteiger partial charge in [-0.1, -0.05) is 42.5 Å². The van der Waals surface area contributed by atoms with Gasteiger partial charge in [-0.25, -0.2) is 0 Å². The molecule has 0 radical (unpaired) electrons. The minimum absolute atomic E-state index is 0.0157. The maximum Gasteiger partial charge on any atom is 0.224 e. The molecule has 0 spiro atoms. The van der Waals surface area contributed by atoms with Crippen molar-refractivity contribution >= 4 is 11.6 Å². The minimum Gasteiger partial charge on any atom is -0.399 e. The molecule has 1 fully saturated rings. The second-order valence-corrected chi connectivity index (χ2v) is 5.76. The first-order valence-corrected chi connectivity index (χ1v) is 7.36. The van der Waals surface area contributed by atoms with Gasteiger partial charge in [0.25, 0.3) is 0 Å². The number of anilines is 1. The molecule has 3 N–H and O–H groups in total. The number of amides is 1. The molecule has 3 unspecified atom stereocenters. The summed E-state index contributed by atoms with van der Waals surface area (Å²) in [6.07, 6.45) is 0.944. The van der Waals surface area contributed by atoms with Crippen LogP contribution in [0.15, 0.2) is 54.6 Å². The molecule has 3 heteroatoms. The van der Waals surface area contributed by atoms with Crippen LogP contribution in [-0.4, -0.2) is 5.91 Å². The van der Waals surface area contributed by atoms with Crippen LogP contribution < -0.4 is 11.1 Å². The van der Waals surface area contributed by atoms with Gasteiger partial charge in [0.15, 0.2) is 0 Å². The quantitative estimate of drug-likeness (QED) is 0.845. The summed E-state index contributed by atoms with van der Waals surface area (Å²) in [7, 11) is 0. The normalized spacial score (nSPS) is 21.6. The second-order valence-electron chi connectivity index (χ2n) is 5.76. The summed E-state index contributed by atoms with van der Waals surface area (Å²) in [5.74, 6) is 0.619. The summed E-state index contributed by atoms with van der Waals surface area (Å²) >= 11 is 0. The molecule has 2 aromatic carbocycles. The van der Waals surface area contributed by atoms with Gasteiger partial charge in [-0.15, -0.1) is 0 Å². The highest BCUT2D eigenvalue weighted by atomic mass is 16.2. The lowest BCUT2D eigenvalue weighted by atomic mass is 10.1. The Bertz CT molecular complexity index is 639. The number of nitrogens with two attached hydrogens (primary N) is 1. The SMILES string of the molecule is CC(NC(=O)C1CC1c1ccccc1)c1cccc(N)c1. The summed E-state index contributed by atoms with van der Waals surface area (Å²) in [5.41, 5.74) is 8.81. The van der Waals surface area contributed by atoms with Gasteiger partial charge < -0.3 is 11.1 Å². The van der Waals surface area contributed by atoms with Gasteiger partial charge in [0.05, 0.1) is 6.04 Å². The lowest BCUT2D eigenvalue weighted by molar-refractivity contribution is -0.123. The minimum atomic E-state index is -0.0157. The smallest absolute Gasteiger partial charge is 0.224 e. The molecular formula is C18H20N2O. The molecule has 1 amide bonds. The summed E-state index contributed by atoms with van der Waals surface area (Å²) in [5, 5.41) is 3.09. The Labute approximate surface area is 125 Å². The largest absolute Gasteiger partial charge is 0.399 e. The van der Waals surface area contributed by atoms with Crippen molar-refractivity contribution in [2.45, 2.75) is 25.3 Å². The summed E-state index contributed by atoms with van der Waals surface area (Å²) in [6.45, 7) is 1.99. The molecule has 0 saturated heterocycles. The Balaban J connectivity index is 1.60. The molecule has 0 aliphatic heterocycles. The van der Waals surface area contributed by atoms with E-state index in [0.29, 0.717) is 5.92 Å². The molecule has 108 valence electrons. The lowest BCUT2D eigenvalue weighted by Gasteiger charge is -2.15. The Morgan fingerprint density at radius 1 is 1.19 bits per heavy atom. The predicted molar refractivity (Wildman–Crippen MR) is 84.7 cm³/mol. The monoisotopic (exact) mass is 280 g/mol. The average Bonchev–Trinajstić information content (AvgIpc) is 3.28. The van der Waals surface area contributed by atoms with E-state index in [2.05, 4.69) is 17.4 Å². The van der Waals surface area contributed by atoms with Gasteiger partial charge in [0, 0.05) is 11.6 Å².